The molecule has 53 heavy (non-hydrogen) atoms. The number of carbonyl (C=O) groups excluding carboxylic acids is 4. The normalized spacial score (nSPS) is 32.7. The molecule has 5 rings (SSSR count). The quantitative estimate of drug-likeness (QED) is 0.0766. The number of rotatable bonds is 16. The van der Waals surface area contributed by atoms with E-state index in [9.17, 15) is 29.4 Å². The number of fused-ring (bicyclic) bond motifs is 3. The van der Waals surface area contributed by atoms with Gasteiger partial charge >= 0.3 is 17.9 Å². The van der Waals surface area contributed by atoms with E-state index in [0.717, 1.165) is 18.4 Å². The molecule has 10 nitrogen and oxygen atoms in total. The first-order chi connectivity index (χ1) is 25.0. The number of aliphatic hydroxyl groups is 2. The Bertz CT molecular complexity index is 1580. The maximum Gasteiger partial charge on any atom is 0.311 e. The smallest absolute Gasteiger partial charge is 0.311 e. The van der Waals surface area contributed by atoms with Crippen molar-refractivity contribution in [1.29, 1.82) is 0 Å². The first-order valence-electron chi connectivity index (χ1n) is 19.6. The van der Waals surface area contributed by atoms with Crippen molar-refractivity contribution in [3.63, 3.8) is 0 Å². The summed E-state index contributed by atoms with van der Waals surface area (Å²) in [5, 5.41) is 25.3. The van der Waals surface area contributed by atoms with Crippen LogP contribution in [-0.2, 0) is 33.4 Å². The van der Waals surface area contributed by atoms with Crippen LogP contribution >= 0.6 is 0 Å². The molecule has 10 heteroatoms. The molecule has 3 saturated carbocycles. The van der Waals surface area contributed by atoms with Crippen LogP contribution in [-0.4, -0.2) is 71.1 Å². The molecule has 10 unspecified atom stereocenters. The average Bonchev–Trinajstić information content (AvgIpc) is 3.45. The number of esters is 3. The van der Waals surface area contributed by atoms with E-state index < -0.39 is 57.3 Å². The van der Waals surface area contributed by atoms with Crippen LogP contribution < -0.4 is 5.32 Å². The highest BCUT2D eigenvalue weighted by molar-refractivity contribution is 5.82. The van der Waals surface area contributed by atoms with Crippen LogP contribution in [0.1, 0.15) is 117 Å². The van der Waals surface area contributed by atoms with Crippen molar-refractivity contribution in [2.45, 2.75) is 129 Å². The van der Waals surface area contributed by atoms with Crippen LogP contribution in [0.4, 0.5) is 0 Å². The van der Waals surface area contributed by atoms with Crippen molar-refractivity contribution in [1.82, 2.24) is 5.32 Å². The zero-order chi connectivity index (χ0) is 38.8. The molecule has 0 saturated heterocycles. The number of aliphatic hydroxyl groups excluding tert-OH is 1. The summed E-state index contributed by atoms with van der Waals surface area (Å²) in [5.74, 6) is -2.91. The van der Waals surface area contributed by atoms with Crippen molar-refractivity contribution in [3.05, 3.63) is 60.2 Å². The molecule has 4 aliphatic carbocycles. The van der Waals surface area contributed by atoms with E-state index in [1.807, 2.05) is 58.0 Å². The molecule has 1 amide bonds. The lowest BCUT2D eigenvalue weighted by Gasteiger charge is -2.45. The number of ether oxygens (including phenoxy) is 3. The monoisotopic (exact) mass is 735 g/mol. The molecule has 3 fully saturated rings. The second-order valence-electron chi connectivity index (χ2n) is 17.1. The minimum absolute atomic E-state index is 0.0412. The van der Waals surface area contributed by atoms with E-state index in [-0.39, 0.29) is 49.7 Å². The van der Waals surface area contributed by atoms with E-state index >= 15 is 0 Å². The van der Waals surface area contributed by atoms with Gasteiger partial charge in [-0.1, -0.05) is 70.2 Å². The number of carbonyl (C=O) groups is 4. The largest absolute Gasteiger partial charge is 0.465 e. The Balaban J connectivity index is 1.29. The molecule has 1 aromatic carbocycles. The predicted octanol–water partition coefficient (Wildman–Crippen LogP) is 6.34. The molecule has 1 spiro atoms. The first kappa shape index (κ1) is 40.7. The van der Waals surface area contributed by atoms with E-state index in [2.05, 4.69) is 18.8 Å². The molecule has 0 aromatic heterocycles. The lowest BCUT2D eigenvalue weighted by molar-refractivity contribution is -0.166. The topological polar surface area (TPSA) is 148 Å². The molecule has 0 heterocycles. The Labute approximate surface area is 315 Å². The maximum atomic E-state index is 14.3. The molecule has 0 aliphatic heterocycles. The first-order valence-corrected chi connectivity index (χ1v) is 19.6. The summed E-state index contributed by atoms with van der Waals surface area (Å²) in [7, 11) is 0. The molecule has 3 N–H and O–H groups in total. The Morgan fingerprint density at radius 3 is 2.40 bits per heavy atom. The lowest BCUT2D eigenvalue weighted by atomic mass is 9.62. The van der Waals surface area contributed by atoms with Gasteiger partial charge < -0.3 is 29.7 Å². The highest BCUT2D eigenvalue weighted by atomic mass is 16.6. The van der Waals surface area contributed by atoms with Crippen molar-refractivity contribution < 1.29 is 43.6 Å². The third-order valence-corrected chi connectivity index (χ3v) is 13.2. The highest BCUT2D eigenvalue weighted by Crippen LogP contribution is 2.73. The van der Waals surface area contributed by atoms with Crippen molar-refractivity contribution in [2.75, 3.05) is 19.8 Å². The maximum absolute atomic E-state index is 14.3. The number of benzene rings is 1. The van der Waals surface area contributed by atoms with Crippen molar-refractivity contribution >= 4 is 23.8 Å². The summed E-state index contributed by atoms with van der Waals surface area (Å²) < 4.78 is 17.7. The van der Waals surface area contributed by atoms with Gasteiger partial charge in [-0.25, -0.2) is 0 Å². The van der Waals surface area contributed by atoms with E-state index in [4.69, 9.17) is 14.2 Å². The van der Waals surface area contributed by atoms with Crippen LogP contribution in [0.3, 0.4) is 0 Å². The second-order valence-corrected chi connectivity index (χ2v) is 17.1. The van der Waals surface area contributed by atoms with Gasteiger partial charge in [-0.05, 0) is 100 Å². The fraction of sp³-hybridized carbons (Fsp3) is 0.674. The molecule has 2 bridgehead atoms. The van der Waals surface area contributed by atoms with Gasteiger partial charge in [0.25, 0.3) is 0 Å². The molecule has 1 aromatic rings. The summed E-state index contributed by atoms with van der Waals surface area (Å²) in [4.78, 5) is 54.4. The zero-order valence-corrected chi connectivity index (χ0v) is 32.6. The minimum Gasteiger partial charge on any atom is -0.465 e. The Morgan fingerprint density at radius 1 is 1.06 bits per heavy atom. The van der Waals surface area contributed by atoms with Gasteiger partial charge in [0, 0.05) is 18.8 Å². The molecule has 4 aliphatic rings. The summed E-state index contributed by atoms with van der Waals surface area (Å²) in [6, 6.07) is 10.00. The fourth-order valence-corrected chi connectivity index (χ4v) is 10.6. The second kappa shape index (κ2) is 15.7. The Kier molecular flexibility index (Phi) is 12.0. The SMILES string of the molecule is C=C1CC23CC1(O)CCC2C1(OC(C)=O)C=CC(O)CC1C3C(=O)NCCOC(=O)C(C)(CC)CC(C)(CC(C)c1ccccc1)C(=O)OCCCC. The Morgan fingerprint density at radius 2 is 1.74 bits per heavy atom. The van der Waals surface area contributed by atoms with Gasteiger partial charge in [-0.2, -0.15) is 0 Å². The summed E-state index contributed by atoms with van der Waals surface area (Å²) in [5.41, 5.74) is -3.07. The van der Waals surface area contributed by atoms with Crippen LogP contribution in [0.5, 0.6) is 0 Å². The lowest BCUT2D eigenvalue weighted by Crippen LogP contribution is -2.49. The fourth-order valence-electron chi connectivity index (χ4n) is 10.6. The predicted molar refractivity (Wildman–Crippen MR) is 200 cm³/mol. The van der Waals surface area contributed by atoms with Crippen LogP contribution in [0.15, 0.2) is 54.6 Å². The van der Waals surface area contributed by atoms with E-state index in [1.54, 1.807) is 12.2 Å². The molecule has 292 valence electrons. The average molecular weight is 736 g/mol. The van der Waals surface area contributed by atoms with Crippen molar-refractivity contribution in [3.8, 4) is 0 Å². The minimum atomic E-state index is -1.10. The standard InChI is InChI=1S/C43H61NO9/c1-8-10-21-51-38(49)40(7,24-28(3)31-14-12-11-13-15-31)26-39(6,9-2)37(48)52-22-20-44-36(47)35-33-23-32(46)16-19-43(33,53-30(5)45)34-17-18-42(50)27-41(34,35)25-29(42)4/h11-16,19,28,32-35,46,50H,4,8-10,17-18,20-27H2,1-3,5-7H3,(H,44,47). The van der Waals surface area contributed by atoms with Crippen molar-refractivity contribution in [2.24, 2.45) is 34.0 Å². The molecular weight excluding hydrogens is 674 g/mol. The summed E-state index contributed by atoms with van der Waals surface area (Å²) in [6.07, 6.45) is 7.43. The van der Waals surface area contributed by atoms with Gasteiger partial charge in [0.15, 0.2) is 0 Å². The third-order valence-electron chi connectivity index (χ3n) is 13.2. The summed E-state index contributed by atoms with van der Waals surface area (Å²) >= 11 is 0. The van der Waals surface area contributed by atoms with E-state index in [0.29, 0.717) is 50.7 Å². The number of hydrogen-bond donors (Lipinski definition) is 3. The van der Waals surface area contributed by atoms with Gasteiger partial charge in [0.05, 0.1) is 41.6 Å². The summed E-state index contributed by atoms with van der Waals surface area (Å²) in [6.45, 7) is 15.6. The molecular formula is C43H61NO9. The van der Waals surface area contributed by atoms with Gasteiger partial charge in [-0.15, -0.1) is 0 Å². The van der Waals surface area contributed by atoms with Crippen LogP contribution in [0, 0.1) is 34.0 Å². The van der Waals surface area contributed by atoms with E-state index in [1.165, 1.54) is 6.92 Å². The van der Waals surface area contributed by atoms with Gasteiger partial charge in [0.1, 0.15) is 12.2 Å². The third kappa shape index (κ3) is 7.73. The van der Waals surface area contributed by atoms with Gasteiger partial charge in [-0.3, -0.25) is 19.2 Å². The van der Waals surface area contributed by atoms with Crippen LogP contribution in [0.25, 0.3) is 0 Å². The van der Waals surface area contributed by atoms with Gasteiger partial charge in [0.2, 0.25) is 5.91 Å². The number of amides is 1. The number of hydrogen-bond acceptors (Lipinski definition) is 9. The molecule has 0 radical (unpaired) electrons. The highest BCUT2D eigenvalue weighted by Gasteiger charge is 2.75. The Hall–Kier alpha value is -3.50. The number of nitrogens with one attached hydrogen (secondary N) is 1. The van der Waals surface area contributed by atoms with Crippen LogP contribution in [0.2, 0.25) is 0 Å². The number of unbranched alkanes of at least 4 members (excludes halogenated alkanes) is 1. The zero-order valence-electron chi connectivity index (χ0n) is 32.6. The molecule has 10 atom stereocenters.